The summed E-state index contributed by atoms with van der Waals surface area (Å²) in [5.41, 5.74) is 1.75. The van der Waals surface area contributed by atoms with E-state index >= 15 is 0 Å². The lowest BCUT2D eigenvalue weighted by atomic mass is 10.1. The van der Waals surface area contributed by atoms with Crippen LogP contribution in [0.25, 0.3) is 11.3 Å². The van der Waals surface area contributed by atoms with Crippen LogP contribution in [-0.2, 0) is 10.6 Å². The van der Waals surface area contributed by atoms with Gasteiger partial charge in [-0.15, -0.1) is 11.6 Å². The highest BCUT2D eigenvalue weighted by Crippen LogP contribution is 2.24. The molecule has 0 bridgehead atoms. The van der Waals surface area contributed by atoms with Crippen LogP contribution in [0.3, 0.4) is 0 Å². The Morgan fingerprint density at radius 2 is 2.10 bits per heavy atom. The number of rotatable bonds is 4. The molecule has 1 fully saturated rings. The maximum absolute atomic E-state index is 5.79. The first-order valence-corrected chi connectivity index (χ1v) is 7.29. The molecule has 0 saturated carbocycles. The van der Waals surface area contributed by atoms with E-state index in [1.165, 1.54) is 0 Å². The Kier molecular flexibility index (Phi) is 4.23. The van der Waals surface area contributed by atoms with Crippen LogP contribution in [0.15, 0.2) is 34.9 Å². The summed E-state index contributed by atoms with van der Waals surface area (Å²) in [4.78, 5) is 0. The third kappa shape index (κ3) is 3.14. The van der Waals surface area contributed by atoms with Gasteiger partial charge in [-0.2, -0.15) is 0 Å². The predicted molar refractivity (Wildman–Crippen MR) is 75.7 cm³/mol. The van der Waals surface area contributed by atoms with Crippen molar-refractivity contribution in [3.05, 3.63) is 36.1 Å². The normalized spacial score (nSPS) is 18.9. The average molecular weight is 294 g/mol. The molecule has 0 radical (unpaired) electrons. The van der Waals surface area contributed by atoms with E-state index in [0.29, 0.717) is 11.6 Å². The summed E-state index contributed by atoms with van der Waals surface area (Å²) < 4.78 is 16.4. The zero-order chi connectivity index (χ0) is 13.8. The summed E-state index contributed by atoms with van der Waals surface area (Å²) in [6.07, 6.45) is 3.10. The molecule has 1 saturated heterocycles. The summed E-state index contributed by atoms with van der Waals surface area (Å²) in [6, 6.07) is 9.58. The Bertz CT molecular complexity index is 547. The molecule has 1 aliphatic heterocycles. The van der Waals surface area contributed by atoms with Gasteiger partial charge in [0.2, 0.25) is 0 Å². The second-order valence-electron chi connectivity index (χ2n) is 4.75. The minimum absolute atomic E-state index is 0.121. The van der Waals surface area contributed by atoms with Crippen molar-refractivity contribution in [2.24, 2.45) is 0 Å². The van der Waals surface area contributed by atoms with Gasteiger partial charge in [-0.3, -0.25) is 0 Å². The molecule has 0 aliphatic carbocycles. The fraction of sp³-hybridized carbons (Fsp3) is 0.400. The van der Waals surface area contributed by atoms with Crippen LogP contribution in [0.2, 0.25) is 0 Å². The van der Waals surface area contributed by atoms with Gasteiger partial charge in [0.05, 0.1) is 12.5 Å². The van der Waals surface area contributed by atoms with E-state index in [1.807, 2.05) is 30.3 Å². The van der Waals surface area contributed by atoms with Gasteiger partial charge >= 0.3 is 0 Å². The van der Waals surface area contributed by atoms with E-state index in [2.05, 4.69) is 5.16 Å². The number of hydrogen-bond acceptors (Lipinski definition) is 4. The number of ether oxygens (including phenoxy) is 2. The minimum atomic E-state index is -0.121. The summed E-state index contributed by atoms with van der Waals surface area (Å²) in [7, 11) is 0. The zero-order valence-corrected chi connectivity index (χ0v) is 11.8. The molecule has 0 N–H and O–H groups in total. The molecule has 1 unspecified atom stereocenters. The standard InChI is InChI=1S/C15H16ClNO3/c16-10-13-9-14(17-20-13)11-4-6-12(7-5-11)19-15-3-1-2-8-18-15/h4-7,9,15H,1-3,8,10H2. The molecule has 0 spiro atoms. The lowest BCUT2D eigenvalue weighted by molar-refractivity contribution is -0.105. The Morgan fingerprint density at radius 1 is 1.25 bits per heavy atom. The van der Waals surface area contributed by atoms with E-state index < -0.39 is 0 Å². The maximum atomic E-state index is 5.79. The molecule has 106 valence electrons. The highest BCUT2D eigenvalue weighted by molar-refractivity contribution is 6.16. The van der Waals surface area contributed by atoms with Crippen molar-refractivity contribution in [3.8, 4) is 17.0 Å². The second-order valence-corrected chi connectivity index (χ2v) is 5.02. The molecule has 1 aliphatic rings. The largest absolute Gasteiger partial charge is 0.465 e. The molecule has 4 nitrogen and oxygen atoms in total. The molecule has 3 rings (SSSR count). The van der Waals surface area contributed by atoms with Crippen LogP contribution >= 0.6 is 11.6 Å². The quantitative estimate of drug-likeness (QED) is 0.800. The van der Waals surface area contributed by atoms with E-state index in [-0.39, 0.29) is 6.29 Å². The molecular weight excluding hydrogens is 278 g/mol. The van der Waals surface area contributed by atoms with Crippen LogP contribution in [0.5, 0.6) is 5.75 Å². The van der Waals surface area contributed by atoms with Crippen molar-refractivity contribution in [1.29, 1.82) is 0 Å². The van der Waals surface area contributed by atoms with E-state index in [1.54, 1.807) is 0 Å². The van der Waals surface area contributed by atoms with Crippen LogP contribution in [-0.4, -0.2) is 18.1 Å². The van der Waals surface area contributed by atoms with Crippen molar-refractivity contribution in [2.75, 3.05) is 6.61 Å². The van der Waals surface area contributed by atoms with Crippen molar-refractivity contribution >= 4 is 11.6 Å². The fourth-order valence-corrected chi connectivity index (χ4v) is 2.30. The first-order chi connectivity index (χ1) is 9.85. The first-order valence-electron chi connectivity index (χ1n) is 6.75. The zero-order valence-electron chi connectivity index (χ0n) is 11.0. The molecular formula is C15H16ClNO3. The van der Waals surface area contributed by atoms with Crippen molar-refractivity contribution in [2.45, 2.75) is 31.4 Å². The van der Waals surface area contributed by atoms with Crippen molar-refractivity contribution < 1.29 is 14.0 Å². The van der Waals surface area contributed by atoms with Gasteiger partial charge in [0.15, 0.2) is 12.1 Å². The highest BCUT2D eigenvalue weighted by atomic mass is 35.5. The monoisotopic (exact) mass is 293 g/mol. The molecule has 1 atom stereocenters. The van der Waals surface area contributed by atoms with Crippen LogP contribution < -0.4 is 4.74 Å². The smallest absolute Gasteiger partial charge is 0.199 e. The highest BCUT2D eigenvalue weighted by Gasteiger charge is 2.15. The summed E-state index contributed by atoms with van der Waals surface area (Å²) in [5.74, 6) is 1.80. The SMILES string of the molecule is ClCc1cc(-c2ccc(OC3CCCCO3)cc2)no1. The molecule has 20 heavy (non-hydrogen) atoms. The third-order valence-electron chi connectivity index (χ3n) is 3.25. The maximum Gasteiger partial charge on any atom is 0.199 e. The molecule has 2 heterocycles. The number of halogens is 1. The van der Waals surface area contributed by atoms with Gasteiger partial charge in [0.25, 0.3) is 0 Å². The van der Waals surface area contributed by atoms with Gasteiger partial charge in [0, 0.05) is 18.1 Å². The number of benzene rings is 1. The van der Waals surface area contributed by atoms with Crippen molar-refractivity contribution in [1.82, 2.24) is 5.16 Å². The van der Waals surface area contributed by atoms with E-state index in [4.69, 9.17) is 25.6 Å². The lowest BCUT2D eigenvalue weighted by Crippen LogP contribution is -2.24. The summed E-state index contributed by atoms with van der Waals surface area (Å²) >= 11 is 5.69. The Balaban J connectivity index is 1.67. The molecule has 1 aromatic heterocycles. The topological polar surface area (TPSA) is 44.5 Å². The third-order valence-corrected chi connectivity index (χ3v) is 3.51. The van der Waals surface area contributed by atoms with Gasteiger partial charge in [0.1, 0.15) is 11.4 Å². The average Bonchev–Trinajstić information content (AvgIpc) is 2.98. The first kappa shape index (κ1) is 13.5. The minimum Gasteiger partial charge on any atom is -0.465 e. The van der Waals surface area contributed by atoms with Gasteiger partial charge in [-0.25, -0.2) is 0 Å². The van der Waals surface area contributed by atoms with Gasteiger partial charge in [-0.1, -0.05) is 5.16 Å². The van der Waals surface area contributed by atoms with Crippen LogP contribution in [0.1, 0.15) is 25.0 Å². The van der Waals surface area contributed by atoms with Crippen LogP contribution in [0.4, 0.5) is 0 Å². The molecule has 1 aromatic carbocycles. The second kappa shape index (κ2) is 6.29. The number of hydrogen-bond donors (Lipinski definition) is 0. The number of aromatic nitrogens is 1. The number of nitrogens with zero attached hydrogens (tertiary/aromatic N) is 1. The van der Waals surface area contributed by atoms with E-state index in [0.717, 1.165) is 42.9 Å². The van der Waals surface area contributed by atoms with Crippen LogP contribution in [0, 0.1) is 0 Å². The lowest BCUT2D eigenvalue weighted by Gasteiger charge is -2.23. The predicted octanol–water partition coefficient (Wildman–Crippen LogP) is 3.99. The Hall–Kier alpha value is -1.52. The Labute approximate surface area is 122 Å². The van der Waals surface area contributed by atoms with E-state index in [9.17, 15) is 0 Å². The fourth-order valence-electron chi connectivity index (χ4n) is 2.17. The molecule has 2 aromatic rings. The summed E-state index contributed by atoms with van der Waals surface area (Å²) in [6.45, 7) is 0.781. The number of alkyl halides is 1. The van der Waals surface area contributed by atoms with Gasteiger partial charge in [-0.05, 0) is 37.1 Å². The molecule has 5 heteroatoms. The van der Waals surface area contributed by atoms with Gasteiger partial charge < -0.3 is 14.0 Å². The molecule has 0 amide bonds. The van der Waals surface area contributed by atoms with Crippen molar-refractivity contribution in [3.63, 3.8) is 0 Å². The summed E-state index contributed by atoms with van der Waals surface area (Å²) in [5, 5.41) is 3.98. The Morgan fingerprint density at radius 3 is 2.75 bits per heavy atom.